The molecule has 1 fully saturated rings. The summed E-state index contributed by atoms with van der Waals surface area (Å²) in [5, 5.41) is 44.2. The van der Waals surface area contributed by atoms with Gasteiger partial charge in [-0.2, -0.15) is 10.4 Å². The van der Waals surface area contributed by atoms with E-state index in [1.54, 1.807) is 13.0 Å². The molecule has 0 amide bonds. The molecular formula is C14H17N5O4. The molecule has 9 nitrogen and oxygen atoms in total. The Hall–Kier alpha value is -2.25. The Morgan fingerprint density at radius 1 is 1.52 bits per heavy atom. The number of hydrogen-bond donors (Lipinski definition) is 4. The molecule has 0 aromatic carbocycles. The molecule has 4 atom stereocenters. The van der Waals surface area contributed by atoms with Crippen molar-refractivity contribution in [2.75, 3.05) is 12.3 Å². The first-order valence-electron chi connectivity index (χ1n) is 7.01. The van der Waals surface area contributed by atoms with Gasteiger partial charge in [0, 0.05) is 0 Å². The fraction of sp³-hybridized carbons (Fsp3) is 0.500. The van der Waals surface area contributed by atoms with Crippen molar-refractivity contribution >= 4 is 11.3 Å². The van der Waals surface area contributed by atoms with Gasteiger partial charge in [-0.15, -0.1) is 0 Å². The summed E-state index contributed by atoms with van der Waals surface area (Å²) in [5.74, 6) is 0.589. The van der Waals surface area contributed by atoms with E-state index in [9.17, 15) is 20.6 Å². The summed E-state index contributed by atoms with van der Waals surface area (Å²) in [7, 11) is 0. The minimum atomic E-state index is -1.96. The van der Waals surface area contributed by atoms with E-state index in [-0.39, 0.29) is 11.5 Å². The molecule has 1 aliphatic rings. The summed E-state index contributed by atoms with van der Waals surface area (Å²) < 4.78 is 6.94. The molecule has 0 unspecified atom stereocenters. The van der Waals surface area contributed by atoms with Crippen LogP contribution < -0.4 is 5.73 Å². The number of nitriles is 1. The van der Waals surface area contributed by atoms with Gasteiger partial charge >= 0.3 is 0 Å². The van der Waals surface area contributed by atoms with Crippen molar-refractivity contribution in [2.24, 2.45) is 0 Å². The van der Waals surface area contributed by atoms with Crippen LogP contribution in [0.2, 0.25) is 0 Å². The van der Waals surface area contributed by atoms with Crippen LogP contribution in [0, 0.1) is 18.3 Å². The second-order valence-corrected chi connectivity index (χ2v) is 5.78. The number of fused-ring (bicyclic) bond motifs is 1. The number of nitrogen functional groups attached to an aromatic ring is 1. The van der Waals surface area contributed by atoms with E-state index in [4.69, 9.17) is 10.5 Å². The Bertz CT molecular complexity index is 811. The lowest BCUT2D eigenvalue weighted by Crippen LogP contribution is -2.52. The molecule has 0 saturated carbocycles. The number of anilines is 1. The fourth-order valence-electron chi connectivity index (χ4n) is 3.03. The number of rotatable bonds is 2. The van der Waals surface area contributed by atoms with Gasteiger partial charge in [-0.25, -0.2) is 9.50 Å². The van der Waals surface area contributed by atoms with Gasteiger partial charge in [0.25, 0.3) is 0 Å². The molecule has 122 valence electrons. The Morgan fingerprint density at radius 2 is 2.22 bits per heavy atom. The van der Waals surface area contributed by atoms with Crippen LogP contribution in [0.15, 0.2) is 12.1 Å². The molecule has 9 heteroatoms. The van der Waals surface area contributed by atoms with Crippen LogP contribution >= 0.6 is 0 Å². The van der Waals surface area contributed by atoms with Crippen molar-refractivity contribution in [3.63, 3.8) is 0 Å². The molecule has 2 aromatic heterocycles. The molecule has 5 N–H and O–H groups in total. The van der Waals surface area contributed by atoms with Crippen molar-refractivity contribution in [1.82, 2.24) is 14.6 Å². The molecule has 1 aliphatic heterocycles. The SMILES string of the molecule is Cc1nc(N)c2ccc([C@]3(C#N)O[C@H](CO)[C@@H](O)[C@@]3(C)O)n2n1. The lowest BCUT2D eigenvalue weighted by molar-refractivity contribution is -0.109. The second kappa shape index (κ2) is 4.87. The number of aliphatic hydroxyl groups excluding tert-OH is 2. The van der Waals surface area contributed by atoms with Crippen molar-refractivity contribution < 1.29 is 20.1 Å². The molecule has 0 radical (unpaired) electrons. The summed E-state index contributed by atoms with van der Waals surface area (Å²) in [4.78, 5) is 4.04. The summed E-state index contributed by atoms with van der Waals surface area (Å²) >= 11 is 0. The van der Waals surface area contributed by atoms with E-state index in [1.807, 2.05) is 6.07 Å². The number of ether oxygens (including phenoxy) is 1. The van der Waals surface area contributed by atoms with Gasteiger partial charge in [0.1, 0.15) is 35.2 Å². The van der Waals surface area contributed by atoms with Crippen molar-refractivity contribution in [1.29, 1.82) is 5.26 Å². The van der Waals surface area contributed by atoms with Crippen LogP contribution in [-0.4, -0.2) is 54.3 Å². The number of nitrogens with two attached hydrogens (primary N) is 1. The van der Waals surface area contributed by atoms with E-state index < -0.39 is 30.0 Å². The van der Waals surface area contributed by atoms with Crippen LogP contribution in [-0.2, 0) is 10.3 Å². The first-order valence-corrected chi connectivity index (χ1v) is 7.01. The maximum atomic E-state index is 10.7. The molecule has 0 bridgehead atoms. The van der Waals surface area contributed by atoms with Crippen LogP contribution in [0.4, 0.5) is 5.82 Å². The van der Waals surface area contributed by atoms with Crippen LogP contribution in [0.5, 0.6) is 0 Å². The third kappa shape index (κ3) is 1.87. The van der Waals surface area contributed by atoms with Gasteiger partial charge in [0.2, 0.25) is 5.60 Å². The third-order valence-electron chi connectivity index (χ3n) is 4.31. The van der Waals surface area contributed by atoms with Crippen molar-refractivity contribution in [3.05, 3.63) is 23.7 Å². The zero-order valence-electron chi connectivity index (χ0n) is 12.6. The average molecular weight is 319 g/mol. The smallest absolute Gasteiger partial charge is 0.228 e. The number of nitrogens with zero attached hydrogens (tertiary/aromatic N) is 4. The maximum absolute atomic E-state index is 10.7. The van der Waals surface area contributed by atoms with Crippen LogP contribution in [0.1, 0.15) is 18.4 Å². The molecule has 0 spiro atoms. The lowest BCUT2D eigenvalue weighted by Gasteiger charge is -2.33. The highest BCUT2D eigenvalue weighted by molar-refractivity contribution is 5.66. The normalized spacial score (nSPS) is 33.9. The Balaban J connectivity index is 2.29. The molecule has 23 heavy (non-hydrogen) atoms. The summed E-state index contributed by atoms with van der Waals surface area (Å²) in [5.41, 5.74) is 2.62. The number of aromatic nitrogens is 3. The second-order valence-electron chi connectivity index (χ2n) is 5.78. The molecule has 3 rings (SSSR count). The maximum Gasteiger partial charge on any atom is 0.228 e. The Morgan fingerprint density at radius 3 is 2.78 bits per heavy atom. The summed E-state index contributed by atoms with van der Waals surface area (Å²) in [6.07, 6.45) is -2.55. The highest BCUT2D eigenvalue weighted by Crippen LogP contribution is 2.47. The molecule has 3 heterocycles. The first-order chi connectivity index (χ1) is 10.8. The van der Waals surface area contributed by atoms with Gasteiger partial charge in [-0.05, 0) is 26.0 Å². The minimum absolute atomic E-state index is 0.201. The Labute approximate surface area is 131 Å². The predicted octanol–water partition coefficient (Wildman–Crippen LogP) is -1.16. The fourth-order valence-corrected chi connectivity index (χ4v) is 3.03. The molecule has 2 aromatic rings. The van der Waals surface area contributed by atoms with Crippen molar-refractivity contribution in [3.8, 4) is 6.07 Å². The topological polar surface area (TPSA) is 150 Å². The van der Waals surface area contributed by atoms with Gasteiger partial charge in [-0.3, -0.25) is 0 Å². The van der Waals surface area contributed by atoms with Crippen LogP contribution in [0.25, 0.3) is 5.52 Å². The monoisotopic (exact) mass is 319 g/mol. The van der Waals surface area contributed by atoms with E-state index in [0.717, 1.165) is 0 Å². The van der Waals surface area contributed by atoms with Gasteiger partial charge < -0.3 is 25.8 Å². The quantitative estimate of drug-likeness (QED) is 0.541. The molecular weight excluding hydrogens is 302 g/mol. The third-order valence-corrected chi connectivity index (χ3v) is 4.31. The largest absolute Gasteiger partial charge is 0.394 e. The Kier molecular flexibility index (Phi) is 3.31. The van der Waals surface area contributed by atoms with Gasteiger partial charge in [-0.1, -0.05) is 0 Å². The molecule has 1 saturated heterocycles. The summed E-state index contributed by atoms with van der Waals surface area (Å²) in [6.45, 7) is 2.38. The van der Waals surface area contributed by atoms with E-state index in [2.05, 4.69) is 10.1 Å². The lowest BCUT2D eigenvalue weighted by atomic mass is 9.80. The number of aliphatic hydroxyl groups is 3. The van der Waals surface area contributed by atoms with Gasteiger partial charge in [0.15, 0.2) is 5.82 Å². The number of hydrogen-bond acceptors (Lipinski definition) is 8. The highest BCUT2D eigenvalue weighted by atomic mass is 16.6. The summed E-state index contributed by atoms with van der Waals surface area (Å²) in [6, 6.07) is 5.06. The van der Waals surface area contributed by atoms with Gasteiger partial charge in [0.05, 0.1) is 12.3 Å². The predicted molar refractivity (Wildman–Crippen MR) is 78.0 cm³/mol. The zero-order chi connectivity index (χ0) is 17.0. The van der Waals surface area contributed by atoms with Crippen molar-refractivity contribution in [2.45, 2.75) is 37.3 Å². The zero-order valence-corrected chi connectivity index (χ0v) is 12.6. The van der Waals surface area contributed by atoms with E-state index in [0.29, 0.717) is 11.3 Å². The molecule has 0 aliphatic carbocycles. The first kappa shape index (κ1) is 15.6. The number of aryl methyl sites for hydroxylation is 1. The standard InChI is InChI=1S/C14H17N5O4/c1-7-17-12(16)8-3-4-10(19(8)18-7)14(6-15)13(2,22)11(21)9(5-20)23-14/h3-4,9,11,20-22H,5H2,1-2H3,(H2,16,17,18)/t9-,11-,13-,14+/m1/s1. The minimum Gasteiger partial charge on any atom is -0.394 e. The van der Waals surface area contributed by atoms with E-state index >= 15 is 0 Å². The van der Waals surface area contributed by atoms with E-state index in [1.165, 1.54) is 17.5 Å². The highest BCUT2D eigenvalue weighted by Gasteiger charge is 2.65. The van der Waals surface area contributed by atoms with Crippen LogP contribution in [0.3, 0.4) is 0 Å². The average Bonchev–Trinajstić information content (AvgIpc) is 2.99.